The van der Waals surface area contributed by atoms with Crippen LogP contribution in [-0.4, -0.2) is 12.3 Å². The van der Waals surface area contributed by atoms with Crippen molar-refractivity contribution in [2.75, 3.05) is 6.54 Å². The first-order valence-corrected chi connectivity index (χ1v) is 4.89. The highest BCUT2D eigenvalue weighted by Gasteiger charge is 2.14. The fraction of sp³-hybridized carbons (Fsp3) is 0.900. The maximum absolute atomic E-state index is 4.47. The maximum Gasteiger partial charge on any atom is 0.0360 e. The molecule has 0 amide bonds. The van der Waals surface area contributed by atoms with Crippen molar-refractivity contribution in [3.05, 3.63) is 0 Å². The fourth-order valence-electron chi connectivity index (χ4n) is 1.80. The lowest BCUT2D eigenvalue weighted by Gasteiger charge is -2.21. The van der Waals surface area contributed by atoms with Crippen LogP contribution in [0.5, 0.6) is 0 Å². The van der Waals surface area contributed by atoms with Crippen molar-refractivity contribution in [2.24, 2.45) is 10.9 Å². The third kappa shape index (κ3) is 2.64. The van der Waals surface area contributed by atoms with E-state index in [2.05, 4.69) is 18.8 Å². The molecule has 0 heterocycles. The number of aliphatic imine (C=N–C) groups is 1. The van der Waals surface area contributed by atoms with Crippen LogP contribution in [-0.2, 0) is 0 Å². The average Bonchev–Trinajstić information content (AvgIpc) is 2.07. The Bertz CT molecular complexity index is 128. The van der Waals surface area contributed by atoms with Crippen molar-refractivity contribution in [3.8, 4) is 0 Å². The third-order valence-electron chi connectivity index (χ3n) is 2.64. The van der Waals surface area contributed by atoms with Crippen molar-refractivity contribution >= 4 is 5.71 Å². The second-order valence-electron chi connectivity index (χ2n) is 3.39. The van der Waals surface area contributed by atoms with Crippen molar-refractivity contribution in [1.29, 1.82) is 0 Å². The SMILES string of the molecule is CCN=C1CCC(CC)CC1. The molecule has 1 saturated carbocycles. The summed E-state index contributed by atoms with van der Waals surface area (Å²) in [5.74, 6) is 0.991. The number of hydrogen-bond acceptors (Lipinski definition) is 1. The third-order valence-corrected chi connectivity index (χ3v) is 2.64. The molecule has 0 atom stereocenters. The van der Waals surface area contributed by atoms with E-state index in [0.717, 1.165) is 12.5 Å². The average molecular weight is 153 g/mol. The van der Waals surface area contributed by atoms with Gasteiger partial charge in [-0.15, -0.1) is 0 Å². The van der Waals surface area contributed by atoms with Gasteiger partial charge >= 0.3 is 0 Å². The summed E-state index contributed by atoms with van der Waals surface area (Å²) in [5.41, 5.74) is 1.47. The van der Waals surface area contributed by atoms with Crippen molar-refractivity contribution in [3.63, 3.8) is 0 Å². The van der Waals surface area contributed by atoms with Gasteiger partial charge in [-0.25, -0.2) is 0 Å². The molecular formula is C10H19N. The lowest BCUT2D eigenvalue weighted by Crippen LogP contribution is -2.13. The van der Waals surface area contributed by atoms with Gasteiger partial charge in [0.15, 0.2) is 0 Å². The van der Waals surface area contributed by atoms with Gasteiger partial charge in [-0.3, -0.25) is 4.99 Å². The highest BCUT2D eigenvalue weighted by molar-refractivity contribution is 5.85. The summed E-state index contributed by atoms with van der Waals surface area (Å²) in [6.45, 7) is 5.40. The molecule has 1 fully saturated rings. The Morgan fingerprint density at radius 3 is 2.36 bits per heavy atom. The van der Waals surface area contributed by atoms with Gasteiger partial charge in [-0.1, -0.05) is 13.3 Å². The maximum atomic E-state index is 4.47. The monoisotopic (exact) mass is 153 g/mol. The number of rotatable bonds is 2. The minimum atomic E-state index is 0.978. The Labute approximate surface area is 69.9 Å². The molecule has 0 aromatic carbocycles. The predicted molar refractivity (Wildman–Crippen MR) is 50.2 cm³/mol. The minimum absolute atomic E-state index is 0.978. The van der Waals surface area contributed by atoms with E-state index in [9.17, 15) is 0 Å². The second kappa shape index (κ2) is 4.53. The molecule has 0 spiro atoms. The Morgan fingerprint density at radius 2 is 1.91 bits per heavy atom. The molecule has 0 radical (unpaired) electrons. The molecule has 1 nitrogen and oxygen atoms in total. The van der Waals surface area contributed by atoms with Crippen LogP contribution in [0.1, 0.15) is 46.0 Å². The van der Waals surface area contributed by atoms with Crippen LogP contribution in [0.3, 0.4) is 0 Å². The van der Waals surface area contributed by atoms with Gasteiger partial charge in [0.05, 0.1) is 0 Å². The summed E-state index contributed by atoms with van der Waals surface area (Å²) in [6.07, 6.45) is 6.67. The van der Waals surface area contributed by atoms with Crippen molar-refractivity contribution in [1.82, 2.24) is 0 Å². The van der Waals surface area contributed by atoms with E-state index >= 15 is 0 Å². The van der Waals surface area contributed by atoms with E-state index in [1.165, 1.54) is 37.8 Å². The summed E-state index contributed by atoms with van der Waals surface area (Å²) < 4.78 is 0. The molecule has 0 unspecified atom stereocenters. The molecule has 11 heavy (non-hydrogen) atoms. The van der Waals surface area contributed by atoms with Crippen LogP contribution >= 0.6 is 0 Å². The van der Waals surface area contributed by atoms with Crippen LogP contribution in [0.15, 0.2) is 4.99 Å². The van der Waals surface area contributed by atoms with E-state index in [1.54, 1.807) is 0 Å². The van der Waals surface area contributed by atoms with E-state index in [1.807, 2.05) is 0 Å². The summed E-state index contributed by atoms with van der Waals surface area (Å²) in [6, 6.07) is 0. The van der Waals surface area contributed by atoms with Gasteiger partial charge in [-0.05, 0) is 38.5 Å². The molecule has 0 saturated heterocycles. The second-order valence-corrected chi connectivity index (χ2v) is 3.39. The summed E-state index contributed by atoms with van der Waals surface area (Å²) in [4.78, 5) is 4.47. The number of hydrogen-bond donors (Lipinski definition) is 0. The van der Waals surface area contributed by atoms with Gasteiger partial charge in [0, 0.05) is 12.3 Å². The van der Waals surface area contributed by atoms with Gasteiger partial charge in [0.2, 0.25) is 0 Å². The van der Waals surface area contributed by atoms with Crippen LogP contribution in [0.25, 0.3) is 0 Å². The van der Waals surface area contributed by atoms with Crippen LogP contribution in [0.2, 0.25) is 0 Å². The zero-order valence-electron chi connectivity index (χ0n) is 7.77. The van der Waals surface area contributed by atoms with Crippen LogP contribution in [0.4, 0.5) is 0 Å². The highest BCUT2D eigenvalue weighted by Crippen LogP contribution is 2.24. The molecule has 0 bridgehead atoms. The first kappa shape index (κ1) is 8.76. The van der Waals surface area contributed by atoms with Gasteiger partial charge < -0.3 is 0 Å². The normalized spacial score (nSPS) is 25.3. The Hall–Kier alpha value is -0.330. The van der Waals surface area contributed by atoms with Gasteiger partial charge in [0.25, 0.3) is 0 Å². The first-order chi connectivity index (χ1) is 5.36. The summed E-state index contributed by atoms with van der Waals surface area (Å²) in [5, 5.41) is 0. The molecule has 1 heteroatoms. The molecule has 0 aliphatic heterocycles. The molecular weight excluding hydrogens is 134 g/mol. The molecule has 0 N–H and O–H groups in total. The van der Waals surface area contributed by atoms with E-state index in [0.29, 0.717) is 0 Å². The van der Waals surface area contributed by atoms with E-state index < -0.39 is 0 Å². The fourth-order valence-corrected chi connectivity index (χ4v) is 1.80. The summed E-state index contributed by atoms with van der Waals surface area (Å²) in [7, 11) is 0. The molecule has 1 aliphatic rings. The lowest BCUT2D eigenvalue weighted by molar-refractivity contribution is 0.429. The van der Waals surface area contributed by atoms with Crippen molar-refractivity contribution in [2.45, 2.75) is 46.0 Å². The van der Waals surface area contributed by atoms with Gasteiger partial charge in [0.1, 0.15) is 0 Å². The van der Waals surface area contributed by atoms with Crippen molar-refractivity contribution < 1.29 is 0 Å². The zero-order valence-corrected chi connectivity index (χ0v) is 7.77. The van der Waals surface area contributed by atoms with E-state index in [4.69, 9.17) is 0 Å². The summed E-state index contributed by atoms with van der Waals surface area (Å²) >= 11 is 0. The lowest BCUT2D eigenvalue weighted by atomic mass is 9.86. The standard InChI is InChI=1S/C10H19N/c1-3-9-5-7-10(8-6-9)11-4-2/h9H,3-8H2,1-2H3. The molecule has 1 rings (SSSR count). The molecule has 1 aliphatic carbocycles. The van der Waals surface area contributed by atoms with Crippen LogP contribution in [0, 0.1) is 5.92 Å². The van der Waals surface area contributed by atoms with E-state index in [-0.39, 0.29) is 0 Å². The smallest absolute Gasteiger partial charge is 0.0360 e. The Balaban J connectivity index is 2.30. The largest absolute Gasteiger partial charge is 0.294 e. The predicted octanol–water partition coefficient (Wildman–Crippen LogP) is 3.05. The quantitative estimate of drug-likeness (QED) is 0.578. The number of nitrogens with zero attached hydrogens (tertiary/aromatic N) is 1. The van der Waals surface area contributed by atoms with Gasteiger partial charge in [-0.2, -0.15) is 0 Å². The zero-order chi connectivity index (χ0) is 8.10. The highest BCUT2D eigenvalue weighted by atomic mass is 14.7. The topological polar surface area (TPSA) is 12.4 Å². The first-order valence-electron chi connectivity index (χ1n) is 4.89. The Morgan fingerprint density at radius 1 is 1.27 bits per heavy atom. The minimum Gasteiger partial charge on any atom is -0.294 e. The molecule has 0 aromatic rings. The molecule has 64 valence electrons. The van der Waals surface area contributed by atoms with Crippen LogP contribution < -0.4 is 0 Å². The molecule has 0 aromatic heterocycles. The Kier molecular flexibility index (Phi) is 3.61.